The lowest BCUT2D eigenvalue weighted by atomic mass is 10.2. The number of aromatic nitrogens is 1. The molecule has 1 atom stereocenters. The van der Waals surface area contributed by atoms with Crippen molar-refractivity contribution in [1.82, 2.24) is 8.87 Å². The summed E-state index contributed by atoms with van der Waals surface area (Å²) in [7, 11) is -3.42. The minimum absolute atomic E-state index is 0.361. The highest BCUT2D eigenvalue weighted by molar-refractivity contribution is 7.88. The number of carbonyl (C=O) groups excluding carboxylic acids is 1. The molecule has 1 fully saturated rings. The molecule has 0 aliphatic carbocycles. The van der Waals surface area contributed by atoms with Gasteiger partial charge in [-0.25, -0.2) is 8.42 Å². The first kappa shape index (κ1) is 18.3. The first-order valence-electron chi connectivity index (χ1n) is 7.76. The number of nitrogens with zero attached hydrogens (tertiary/aromatic N) is 3. The summed E-state index contributed by atoms with van der Waals surface area (Å²) in [6.45, 7) is 4.60. The maximum atomic E-state index is 12.6. The summed E-state index contributed by atoms with van der Waals surface area (Å²) in [6, 6.07) is 4.76. The van der Waals surface area contributed by atoms with Gasteiger partial charge in [0.1, 0.15) is 6.04 Å². The quantitative estimate of drug-likeness (QED) is 0.741. The number of hydrogen-bond acceptors (Lipinski definition) is 4. The van der Waals surface area contributed by atoms with Gasteiger partial charge in [0.25, 0.3) is 5.91 Å². The topological polar surface area (TPSA) is 71.7 Å². The Balaban J connectivity index is 2.07. The molecule has 0 bridgehead atoms. The lowest BCUT2D eigenvalue weighted by Crippen LogP contribution is -2.39. The lowest BCUT2D eigenvalue weighted by Gasteiger charge is -2.18. The average molecular weight is 400 g/mol. The van der Waals surface area contributed by atoms with E-state index in [1.165, 1.54) is 15.6 Å². The van der Waals surface area contributed by atoms with Crippen LogP contribution < -0.4 is 4.80 Å². The minimum atomic E-state index is -3.42. The van der Waals surface area contributed by atoms with Crippen LogP contribution in [0.5, 0.6) is 0 Å². The van der Waals surface area contributed by atoms with Gasteiger partial charge in [0, 0.05) is 18.1 Å². The van der Waals surface area contributed by atoms with Crippen LogP contribution in [0.3, 0.4) is 0 Å². The van der Waals surface area contributed by atoms with Gasteiger partial charge in [0.15, 0.2) is 4.80 Å². The van der Waals surface area contributed by atoms with Crippen LogP contribution in [0.4, 0.5) is 0 Å². The van der Waals surface area contributed by atoms with Crippen molar-refractivity contribution in [1.29, 1.82) is 0 Å². The second kappa shape index (κ2) is 7.03. The molecular formula is C16H18ClN3O3S2. The number of rotatable bonds is 4. The van der Waals surface area contributed by atoms with E-state index < -0.39 is 22.0 Å². The van der Waals surface area contributed by atoms with Crippen molar-refractivity contribution in [3.63, 3.8) is 0 Å². The van der Waals surface area contributed by atoms with Gasteiger partial charge < -0.3 is 4.57 Å². The Labute approximate surface area is 155 Å². The van der Waals surface area contributed by atoms with Crippen LogP contribution in [0.2, 0.25) is 5.02 Å². The molecule has 0 N–H and O–H groups in total. The van der Waals surface area contributed by atoms with Gasteiger partial charge in [-0.2, -0.15) is 9.30 Å². The molecule has 1 amide bonds. The average Bonchev–Trinajstić information content (AvgIpc) is 3.13. The van der Waals surface area contributed by atoms with E-state index in [1.54, 1.807) is 12.1 Å². The van der Waals surface area contributed by atoms with Gasteiger partial charge >= 0.3 is 0 Å². The monoisotopic (exact) mass is 399 g/mol. The molecule has 25 heavy (non-hydrogen) atoms. The van der Waals surface area contributed by atoms with E-state index in [2.05, 4.69) is 11.6 Å². The van der Waals surface area contributed by atoms with Gasteiger partial charge in [-0.15, -0.1) is 6.58 Å². The lowest BCUT2D eigenvalue weighted by molar-refractivity contribution is -0.121. The van der Waals surface area contributed by atoms with E-state index in [4.69, 9.17) is 11.6 Å². The zero-order valence-corrected chi connectivity index (χ0v) is 16.1. The molecule has 0 spiro atoms. The second-order valence-electron chi connectivity index (χ2n) is 5.88. The normalized spacial score (nSPS) is 19.6. The third-order valence-electron chi connectivity index (χ3n) is 4.08. The third kappa shape index (κ3) is 3.72. The molecule has 0 radical (unpaired) electrons. The molecule has 1 aromatic carbocycles. The van der Waals surface area contributed by atoms with Gasteiger partial charge in [-0.3, -0.25) is 4.79 Å². The molecule has 6 nitrogen and oxygen atoms in total. The molecule has 134 valence electrons. The van der Waals surface area contributed by atoms with Crippen molar-refractivity contribution in [3.05, 3.63) is 40.7 Å². The zero-order valence-electron chi connectivity index (χ0n) is 13.7. The molecule has 9 heteroatoms. The molecule has 3 rings (SSSR count). The fourth-order valence-corrected chi connectivity index (χ4v) is 5.43. The van der Waals surface area contributed by atoms with Crippen LogP contribution >= 0.6 is 22.9 Å². The number of carbonyl (C=O) groups is 1. The highest BCUT2D eigenvalue weighted by Crippen LogP contribution is 2.23. The van der Waals surface area contributed by atoms with Crippen molar-refractivity contribution in [3.8, 4) is 0 Å². The standard InChI is InChI=1S/C16H18ClN3O3S2/c1-3-8-19-12-7-6-11(17)10-14(12)24-16(19)18-15(21)13-5-4-9-20(13)25(2,22)23/h3,6-7,10,13H,1,4-5,8-9H2,2H3. The number of amides is 1. The van der Waals surface area contributed by atoms with Crippen LogP contribution in [0.15, 0.2) is 35.8 Å². The third-order valence-corrected chi connectivity index (χ3v) is 6.64. The zero-order chi connectivity index (χ0) is 18.2. The summed E-state index contributed by atoms with van der Waals surface area (Å²) < 4.78 is 27.7. The Kier molecular flexibility index (Phi) is 5.15. The van der Waals surface area contributed by atoms with E-state index in [1.807, 2.05) is 16.7 Å². The van der Waals surface area contributed by atoms with Crippen molar-refractivity contribution in [2.24, 2.45) is 4.99 Å². The first-order valence-corrected chi connectivity index (χ1v) is 10.8. The smallest absolute Gasteiger partial charge is 0.266 e. The predicted octanol–water partition coefficient (Wildman–Crippen LogP) is 2.39. The number of hydrogen-bond donors (Lipinski definition) is 0. The summed E-state index contributed by atoms with van der Waals surface area (Å²) in [4.78, 5) is 17.4. The summed E-state index contributed by atoms with van der Waals surface area (Å²) in [5.74, 6) is -0.432. The Morgan fingerprint density at radius 2 is 2.28 bits per heavy atom. The highest BCUT2D eigenvalue weighted by Gasteiger charge is 2.36. The van der Waals surface area contributed by atoms with Crippen LogP contribution in [0.1, 0.15) is 12.8 Å². The maximum absolute atomic E-state index is 12.6. The number of thiazole rings is 1. The van der Waals surface area contributed by atoms with E-state index >= 15 is 0 Å². The number of fused-ring (bicyclic) bond motifs is 1. The summed E-state index contributed by atoms with van der Waals surface area (Å²) >= 11 is 7.39. The molecule has 2 aromatic rings. The van der Waals surface area contributed by atoms with E-state index in [-0.39, 0.29) is 0 Å². The number of halogens is 1. The van der Waals surface area contributed by atoms with Crippen molar-refractivity contribution in [2.45, 2.75) is 25.4 Å². The maximum Gasteiger partial charge on any atom is 0.266 e. The first-order chi connectivity index (χ1) is 11.8. The molecule has 0 saturated carbocycles. The van der Waals surface area contributed by atoms with Crippen LogP contribution in [-0.4, -0.2) is 42.0 Å². The van der Waals surface area contributed by atoms with Crippen LogP contribution in [0.25, 0.3) is 10.2 Å². The Hall–Kier alpha value is -1.48. The molecule has 1 aromatic heterocycles. The van der Waals surface area contributed by atoms with Gasteiger partial charge in [0.05, 0.1) is 16.5 Å². The Bertz CT molecular complexity index is 1010. The van der Waals surface area contributed by atoms with Gasteiger partial charge in [-0.1, -0.05) is 29.0 Å². The summed E-state index contributed by atoms with van der Waals surface area (Å²) in [5, 5.41) is 0.608. The molecule has 2 heterocycles. The van der Waals surface area contributed by atoms with E-state index in [9.17, 15) is 13.2 Å². The van der Waals surface area contributed by atoms with Crippen LogP contribution in [0, 0.1) is 0 Å². The van der Waals surface area contributed by atoms with E-state index in [0.717, 1.165) is 16.5 Å². The van der Waals surface area contributed by atoms with Crippen molar-refractivity contribution in [2.75, 3.05) is 12.8 Å². The van der Waals surface area contributed by atoms with Gasteiger partial charge in [-0.05, 0) is 31.0 Å². The van der Waals surface area contributed by atoms with Crippen molar-refractivity contribution < 1.29 is 13.2 Å². The van der Waals surface area contributed by atoms with Crippen molar-refractivity contribution >= 4 is 49.1 Å². The summed E-state index contributed by atoms with van der Waals surface area (Å²) in [6.07, 6.45) is 4.00. The largest absolute Gasteiger partial charge is 0.313 e. The highest BCUT2D eigenvalue weighted by atomic mass is 35.5. The fourth-order valence-electron chi connectivity index (χ4n) is 2.99. The summed E-state index contributed by atoms with van der Waals surface area (Å²) in [5.41, 5.74) is 0.909. The fraction of sp³-hybridized carbons (Fsp3) is 0.375. The SMILES string of the molecule is C=CCn1c(=NC(=O)C2CCCN2S(C)(=O)=O)sc2cc(Cl)ccc21. The number of allylic oxidation sites excluding steroid dienone is 1. The predicted molar refractivity (Wildman–Crippen MR) is 100 cm³/mol. The molecule has 1 unspecified atom stereocenters. The van der Waals surface area contributed by atoms with Gasteiger partial charge in [0.2, 0.25) is 10.0 Å². The second-order valence-corrected chi connectivity index (χ2v) is 9.26. The molecule has 1 aliphatic rings. The van der Waals surface area contributed by atoms with E-state index in [0.29, 0.717) is 35.8 Å². The molecule has 1 aliphatic heterocycles. The Morgan fingerprint density at radius 1 is 1.52 bits per heavy atom. The molecule has 1 saturated heterocycles. The molecular weight excluding hydrogens is 382 g/mol. The minimum Gasteiger partial charge on any atom is -0.313 e. The van der Waals surface area contributed by atoms with Crippen LogP contribution in [-0.2, 0) is 21.4 Å². The Morgan fingerprint density at radius 3 is 2.96 bits per heavy atom. The number of sulfonamides is 1. The number of benzene rings is 1.